The molecule has 3 heteroatoms. The summed E-state index contributed by atoms with van der Waals surface area (Å²) in [7, 11) is 0. The average Bonchev–Trinajstić information content (AvgIpc) is 2.84. The molecule has 0 aliphatic heterocycles. The summed E-state index contributed by atoms with van der Waals surface area (Å²) in [4.78, 5) is 0. The van der Waals surface area contributed by atoms with Crippen molar-refractivity contribution in [3.8, 4) is 0 Å². The van der Waals surface area contributed by atoms with Gasteiger partial charge in [-0.15, -0.1) is 0 Å². The molecular weight excluding hydrogens is 326 g/mol. The lowest BCUT2D eigenvalue weighted by atomic mass is 10.1. The van der Waals surface area contributed by atoms with Crippen molar-refractivity contribution >= 4 is 32.6 Å². The monoisotopic (exact) mass is 343 g/mol. The van der Waals surface area contributed by atoms with E-state index < -0.39 is 0 Å². The molecule has 0 aliphatic rings. The number of halogens is 1. The highest BCUT2D eigenvalue weighted by Crippen LogP contribution is 2.29. The Morgan fingerprint density at radius 3 is 2.71 bits per heavy atom. The number of nitrogens with one attached hydrogen (secondary N) is 1. The standard InChI is InChI=1S/C18H18BrNO/c1-3-17-14(13-6-4-5-7-18(13)21-17)11-20-16-9-8-12(2)10-15(16)19/h4-10,20H,3,11H2,1-2H3. The second-order valence-electron chi connectivity index (χ2n) is 5.19. The van der Waals surface area contributed by atoms with Crippen LogP contribution in [0, 0.1) is 6.92 Å². The number of hydrogen-bond donors (Lipinski definition) is 1. The van der Waals surface area contributed by atoms with E-state index in [1.165, 1.54) is 16.5 Å². The lowest BCUT2D eigenvalue weighted by Gasteiger charge is -2.09. The first kappa shape index (κ1) is 14.2. The Labute approximate surface area is 133 Å². The van der Waals surface area contributed by atoms with Gasteiger partial charge in [-0.25, -0.2) is 0 Å². The van der Waals surface area contributed by atoms with Crippen molar-refractivity contribution in [1.82, 2.24) is 0 Å². The third kappa shape index (κ3) is 2.84. The Hall–Kier alpha value is -1.74. The van der Waals surface area contributed by atoms with Crippen LogP contribution in [-0.4, -0.2) is 0 Å². The van der Waals surface area contributed by atoms with Crippen LogP contribution in [0.3, 0.4) is 0 Å². The van der Waals surface area contributed by atoms with Crippen LogP contribution in [0.4, 0.5) is 5.69 Å². The normalized spacial score (nSPS) is 11.0. The van der Waals surface area contributed by atoms with Crippen molar-refractivity contribution in [2.75, 3.05) is 5.32 Å². The zero-order valence-corrected chi connectivity index (χ0v) is 13.8. The molecule has 0 bridgehead atoms. The number of furan rings is 1. The van der Waals surface area contributed by atoms with Gasteiger partial charge in [0.2, 0.25) is 0 Å². The van der Waals surface area contributed by atoms with Gasteiger partial charge < -0.3 is 9.73 Å². The minimum absolute atomic E-state index is 0.766. The van der Waals surface area contributed by atoms with Crippen molar-refractivity contribution < 1.29 is 4.42 Å². The molecular formula is C18H18BrNO. The summed E-state index contributed by atoms with van der Waals surface area (Å²) >= 11 is 3.61. The molecule has 1 aromatic heterocycles. The molecule has 0 fully saturated rings. The zero-order chi connectivity index (χ0) is 14.8. The number of rotatable bonds is 4. The molecule has 0 saturated heterocycles. The number of fused-ring (bicyclic) bond motifs is 1. The highest BCUT2D eigenvalue weighted by Gasteiger charge is 2.12. The van der Waals surface area contributed by atoms with Crippen molar-refractivity contribution in [3.05, 3.63) is 63.8 Å². The van der Waals surface area contributed by atoms with Gasteiger partial charge in [-0.3, -0.25) is 0 Å². The average molecular weight is 344 g/mol. The molecule has 1 heterocycles. The Bertz CT molecular complexity index is 776. The maximum Gasteiger partial charge on any atom is 0.134 e. The highest BCUT2D eigenvalue weighted by atomic mass is 79.9. The molecule has 0 amide bonds. The van der Waals surface area contributed by atoms with Gasteiger partial charge in [0.05, 0.1) is 0 Å². The fraction of sp³-hybridized carbons (Fsp3) is 0.222. The molecule has 0 radical (unpaired) electrons. The minimum atomic E-state index is 0.766. The SMILES string of the molecule is CCc1oc2ccccc2c1CNc1ccc(C)cc1Br. The van der Waals surface area contributed by atoms with E-state index in [2.05, 4.69) is 65.4 Å². The number of aryl methyl sites for hydroxylation is 2. The second kappa shape index (κ2) is 5.94. The molecule has 0 atom stereocenters. The first-order chi connectivity index (χ1) is 10.2. The zero-order valence-electron chi connectivity index (χ0n) is 12.2. The van der Waals surface area contributed by atoms with E-state index in [0.717, 1.165) is 34.5 Å². The fourth-order valence-corrected chi connectivity index (χ4v) is 3.21. The van der Waals surface area contributed by atoms with E-state index in [1.807, 2.05) is 12.1 Å². The molecule has 0 aliphatic carbocycles. The van der Waals surface area contributed by atoms with Gasteiger partial charge in [0, 0.05) is 34.1 Å². The largest absolute Gasteiger partial charge is 0.461 e. The fourth-order valence-electron chi connectivity index (χ4n) is 2.58. The third-order valence-electron chi connectivity index (χ3n) is 3.68. The Morgan fingerprint density at radius 1 is 1.14 bits per heavy atom. The molecule has 108 valence electrons. The van der Waals surface area contributed by atoms with Crippen LogP contribution >= 0.6 is 15.9 Å². The van der Waals surface area contributed by atoms with Crippen LogP contribution in [0.5, 0.6) is 0 Å². The van der Waals surface area contributed by atoms with Gasteiger partial charge in [0.1, 0.15) is 11.3 Å². The van der Waals surface area contributed by atoms with E-state index in [4.69, 9.17) is 4.42 Å². The van der Waals surface area contributed by atoms with Crippen LogP contribution < -0.4 is 5.32 Å². The van der Waals surface area contributed by atoms with Crippen molar-refractivity contribution in [2.24, 2.45) is 0 Å². The van der Waals surface area contributed by atoms with Crippen molar-refractivity contribution in [2.45, 2.75) is 26.8 Å². The van der Waals surface area contributed by atoms with E-state index in [0.29, 0.717) is 0 Å². The first-order valence-corrected chi connectivity index (χ1v) is 7.97. The summed E-state index contributed by atoms with van der Waals surface area (Å²) in [5.74, 6) is 1.06. The van der Waals surface area contributed by atoms with Crippen LogP contribution in [0.25, 0.3) is 11.0 Å². The lowest BCUT2D eigenvalue weighted by molar-refractivity contribution is 0.551. The van der Waals surface area contributed by atoms with Gasteiger partial charge in [0.25, 0.3) is 0 Å². The molecule has 0 spiro atoms. The maximum atomic E-state index is 5.93. The smallest absolute Gasteiger partial charge is 0.134 e. The van der Waals surface area contributed by atoms with E-state index in [-0.39, 0.29) is 0 Å². The van der Waals surface area contributed by atoms with Crippen LogP contribution in [0.15, 0.2) is 51.4 Å². The summed E-state index contributed by atoms with van der Waals surface area (Å²) in [6.07, 6.45) is 0.904. The Kier molecular flexibility index (Phi) is 4.02. The second-order valence-corrected chi connectivity index (χ2v) is 6.04. The minimum Gasteiger partial charge on any atom is -0.461 e. The summed E-state index contributed by atoms with van der Waals surface area (Å²) in [6.45, 7) is 4.98. The van der Waals surface area contributed by atoms with Gasteiger partial charge >= 0.3 is 0 Å². The Balaban J connectivity index is 1.91. The first-order valence-electron chi connectivity index (χ1n) is 7.18. The molecule has 2 nitrogen and oxygen atoms in total. The van der Waals surface area contributed by atoms with Gasteiger partial charge in [-0.1, -0.05) is 31.2 Å². The highest BCUT2D eigenvalue weighted by molar-refractivity contribution is 9.10. The molecule has 2 aromatic carbocycles. The molecule has 1 N–H and O–H groups in total. The van der Waals surface area contributed by atoms with Gasteiger partial charge in [-0.05, 0) is 46.6 Å². The number of para-hydroxylation sites is 1. The van der Waals surface area contributed by atoms with Gasteiger partial charge in [0.15, 0.2) is 0 Å². The number of benzene rings is 2. The summed E-state index contributed by atoms with van der Waals surface area (Å²) in [5, 5.41) is 4.70. The molecule has 0 saturated carbocycles. The predicted octanol–water partition coefficient (Wildman–Crippen LogP) is 5.68. The topological polar surface area (TPSA) is 25.2 Å². The van der Waals surface area contributed by atoms with Crippen LogP contribution in [0.2, 0.25) is 0 Å². The molecule has 0 unspecified atom stereocenters. The van der Waals surface area contributed by atoms with E-state index >= 15 is 0 Å². The molecule has 3 aromatic rings. The van der Waals surface area contributed by atoms with Crippen molar-refractivity contribution in [1.29, 1.82) is 0 Å². The molecule has 3 rings (SSSR count). The van der Waals surface area contributed by atoms with Gasteiger partial charge in [-0.2, -0.15) is 0 Å². The molecule has 21 heavy (non-hydrogen) atoms. The summed E-state index contributed by atoms with van der Waals surface area (Å²) in [5.41, 5.74) is 4.57. The Morgan fingerprint density at radius 2 is 1.95 bits per heavy atom. The quantitative estimate of drug-likeness (QED) is 0.659. The summed E-state index contributed by atoms with van der Waals surface area (Å²) in [6, 6.07) is 14.6. The van der Waals surface area contributed by atoms with Crippen LogP contribution in [0.1, 0.15) is 23.8 Å². The lowest BCUT2D eigenvalue weighted by Crippen LogP contribution is -2.01. The summed E-state index contributed by atoms with van der Waals surface area (Å²) < 4.78 is 7.03. The van der Waals surface area contributed by atoms with Crippen LogP contribution in [-0.2, 0) is 13.0 Å². The van der Waals surface area contributed by atoms with Crippen molar-refractivity contribution in [3.63, 3.8) is 0 Å². The maximum absolute atomic E-state index is 5.93. The van der Waals surface area contributed by atoms with E-state index in [9.17, 15) is 0 Å². The number of hydrogen-bond acceptors (Lipinski definition) is 2. The third-order valence-corrected chi connectivity index (χ3v) is 4.34. The van der Waals surface area contributed by atoms with E-state index in [1.54, 1.807) is 0 Å². The number of anilines is 1. The predicted molar refractivity (Wildman–Crippen MR) is 91.8 cm³/mol.